The molecule has 1 aromatic heterocycles. The van der Waals surface area contributed by atoms with Crippen LogP contribution in [0.4, 0.5) is 11.5 Å². The second-order valence-corrected chi connectivity index (χ2v) is 5.09. The van der Waals surface area contributed by atoms with Crippen molar-refractivity contribution in [1.82, 2.24) is 9.97 Å². The molecule has 104 valence electrons. The standard InChI is InChI=1S/C14H15BrN4O/c1-2-7-16-13-9-17-12(8-18-13)14(20)19-11-5-3-10(15)4-6-11/h3-6,8-9H,2,7H2,1H3,(H,16,18)(H,19,20). The van der Waals surface area contributed by atoms with Gasteiger partial charge in [-0.1, -0.05) is 22.9 Å². The lowest BCUT2D eigenvalue weighted by Crippen LogP contribution is -2.14. The van der Waals surface area contributed by atoms with Crippen LogP contribution in [0.1, 0.15) is 23.8 Å². The molecule has 0 saturated heterocycles. The molecule has 5 nitrogen and oxygen atoms in total. The van der Waals surface area contributed by atoms with Crippen LogP contribution < -0.4 is 10.6 Å². The van der Waals surface area contributed by atoms with E-state index in [4.69, 9.17) is 0 Å². The fraction of sp³-hybridized carbons (Fsp3) is 0.214. The number of carbonyl (C=O) groups excluding carboxylic acids is 1. The topological polar surface area (TPSA) is 66.9 Å². The third kappa shape index (κ3) is 4.03. The molecule has 6 heteroatoms. The predicted molar refractivity (Wildman–Crippen MR) is 82.9 cm³/mol. The molecule has 2 N–H and O–H groups in total. The van der Waals surface area contributed by atoms with Gasteiger partial charge in [0, 0.05) is 16.7 Å². The first-order valence-corrected chi connectivity index (χ1v) is 7.11. The van der Waals surface area contributed by atoms with Gasteiger partial charge in [-0.15, -0.1) is 0 Å². The van der Waals surface area contributed by atoms with Gasteiger partial charge in [-0.25, -0.2) is 9.97 Å². The van der Waals surface area contributed by atoms with Crippen molar-refractivity contribution in [3.05, 3.63) is 46.8 Å². The Bertz CT molecular complexity index is 569. The van der Waals surface area contributed by atoms with Crippen LogP contribution in [-0.4, -0.2) is 22.4 Å². The number of rotatable bonds is 5. The minimum Gasteiger partial charge on any atom is -0.369 e. The van der Waals surface area contributed by atoms with Crippen molar-refractivity contribution in [3.8, 4) is 0 Å². The SMILES string of the molecule is CCCNc1cnc(C(=O)Nc2ccc(Br)cc2)cn1. The highest BCUT2D eigenvalue weighted by atomic mass is 79.9. The summed E-state index contributed by atoms with van der Waals surface area (Å²) in [6.45, 7) is 2.90. The van der Waals surface area contributed by atoms with Crippen LogP contribution in [0, 0.1) is 0 Å². The summed E-state index contributed by atoms with van der Waals surface area (Å²) in [5.74, 6) is 0.397. The Morgan fingerprint density at radius 2 is 1.95 bits per heavy atom. The Labute approximate surface area is 126 Å². The largest absolute Gasteiger partial charge is 0.369 e. The normalized spacial score (nSPS) is 10.1. The van der Waals surface area contributed by atoms with E-state index in [0.29, 0.717) is 11.5 Å². The molecular weight excluding hydrogens is 320 g/mol. The Kier molecular flexibility index (Phi) is 5.06. The summed E-state index contributed by atoms with van der Waals surface area (Å²) >= 11 is 3.34. The lowest BCUT2D eigenvalue weighted by molar-refractivity contribution is 0.102. The molecule has 0 unspecified atom stereocenters. The molecule has 1 aromatic carbocycles. The van der Waals surface area contributed by atoms with Crippen LogP contribution in [0.2, 0.25) is 0 Å². The third-order valence-electron chi connectivity index (χ3n) is 2.54. The lowest BCUT2D eigenvalue weighted by atomic mass is 10.3. The van der Waals surface area contributed by atoms with Gasteiger partial charge in [0.15, 0.2) is 0 Å². The summed E-state index contributed by atoms with van der Waals surface area (Å²) in [4.78, 5) is 20.2. The molecular formula is C14H15BrN4O. The van der Waals surface area contributed by atoms with Gasteiger partial charge in [0.2, 0.25) is 0 Å². The molecule has 0 aliphatic carbocycles. The van der Waals surface area contributed by atoms with Crippen molar-refractivity contribution in [2.45, 2.75) is 13.3 Å². The number of hydrogen-bond acceptors (Lipinski definition) is 4. The molecule has 0 saturated carbocycles. The lowest BCUT2D eigenvalue weighted by Gasteiger charge is -2.06. The predicted octanol–water partition coefficient (Wildman–Crippen LogP) is 3.31. The van der Waals surface area contributed by atoms with Gasteiger partial charge in [-0.2, -0.15) is 0 Å². The molecule has 0 radical (unpaired) electrons. The quantitative estimate of drug-likeness (QED) is 0.880. The van der Waals surface area contributed by atoms with Gasteiger partial charge in [0.05, 0.1) is 12.4 Å². The fourth-order valence-corrected chi connectivity index (χ4v) is 1.78. The zero-order chi connectivity index (χ0) is 14.4. The Hall–Kier alpha value is -1.95. The summed E-state index contributed by atoms with van der Waals surface area (Å²) in [6, 6.07) is 7.34. The van der Waals surface area contributed by atoms with Crippen LogP contribution in [0.5, 0.6) is 0 Å². The number of hydrogen-bond donors (Lipinski definition) is 2. The molecule has 0 fully saturated rings. The summed E-state index contributed by atoms with van der Waals surface area (Å²) in [7, 11) is 0. The maximum Gasteiger partial charge on any atom is 0.275 e. The van der Waals surface area contributed by atoms with Crippen molar-refractivity contribution in [2.24, 2.45) is 0 Å². The first-order chi connectivity index (χ1) is 9.69. The zero-order valence-electron chi connectivity index (χ0n) is 11.1. The molecule has 0 aliphatic heterocycles. The van der Waals surface area contributed by atoms with E-state index in [1.807, 2.05) is 24.3 Å². The Morgan fingerprint density at radius 3 is 2.55 bits per heavy atom. The van der Waals surface area contributed by atoms with Crippen LogP contribution in [0.15, 0.2) is 41.1 Å². The number of anilines is 2. The molecule has 2 rings (SSSR count). The van der Waals surface area contributed by atoms with E-state index < -0.39 is 0 Å². The second-order valence-electron chi connectivity index (χ2n) is 4.17. The smallest absolute Gasteiger partial charge is 0.275 e. The van der Waals surface area contributed by atoms with Gasteiger partial charge in [-0.05, 0) is 30.7 Å². The highest BCUT2D eigenvalue weighted by Gasteiger charge is 2.08. The average Bonchev–Trinajstić information content (AvgIpc) is 2.48. The highest BCUT2D eigenvalue weighted by Crippen LogP contribution is 2.14. The molecule has 0 aliphatic rings. The van der Waals surface area contributed by atoms with Crippen LogP contribution in [0.25, 0.3) is 0 Å². The first-order valence-electron chi connectivity index (χ1n) is 6.32. The van der Waals surface area contributed by atoms with Crippen molar-refractivity contribution >= 4 is 33.3 Å². The monoisotopic (exact) mass is 334 g/mol. The van der Waals surface area contributed by atoms with E-state index in [-0.39, 0.29) is 11.6 Å². The van der Waals surface area contributed by atoms with E-state index in [1.165, 1.54) is 6.20 Å². The molecule has 0 atom stereocenters. The Balaban J connectivity index is 2.00. The Morgan fingerprint density at radius 1 is 1.20 bits per heavy atom. The summed E-state index contributed by atoms with van der Waals surface area (Å²) in [5, 5.41) is 5.87. The third-order valence-corrected chi connectivity index (χ3v) is 3.07. The number of halogens is 1. The van der Waals surface area contributed by atoms with Crippen molar-refractivity contribution in [3.63, 3.8) is 0 Å². The van der Waals surface area contributed by atoms with Crippen molar-refractivity contribution in [2.75, 3.05) is 17.2 Å². The van der Waals surface area contributed by atoms with E-state index in [2.05, 4.69) is 43.5 Å². The van der Waals surface area contributed by atoms with Gasteiger partial charge in [0.25, 0.3) is 5.91 Å². The summed E-state index contributed by atoms with van der Waals surface area (Å²) in [6.07, 6.45) is 4.03. The summed E-state index contributed by atoms with van der Waals surface area (Å²) in [5.41, 5.74) is 1.00. The number of carbonyl (C=O) groups is 1. The molecule has 1 amide bonds. The van der Waals surface area contributed by atoms with E-state index >= 15 is 0 Å². The maximum atomic E-state index is 12.0. The average molecular weight is 335 g/mol. The minimum absolute atomic E-state index is 0.276. The van der Waals surface area contributed by atoms with Gasteiger partial charge in [0.1, 0.15) is 11.5 Å². The van der Waals surface area contributed by atoms with Crippen LogP contribution in [0.3, 0.4) is 0 Å². The van der Waals surface area contributed by atoms with E-state index in [1.54, 1.807) is 6.20 Å². The van der Waals surface area contributed by atoms with Gasteiger partial charge in [-0.3, -0.25) is 4.79 Å². The van der Waals surface area contributed by atoms with E-state index in [9.17, 15) is 4.79 Å². The van der Waals surface area contributed by atoms with Crippen molar-refractivity contribution in [1.29, 1.82) is 0 Å². The molecule has 0 bridgehead atoms. The molecule has 2 aromatic rings. The molecule has 1 heterocycles. The van der Waals surface area contributed by atoms with Gasteiger partial charge < -0.3 is 10.6 Å². The first kappa shape index (κ1) is 14.5. The number of aromatic nitrogens is 2. The molecule has 20 heavy (non-hydrogen) atoms. The maximum absolute atomic E-state index is 12.0. The van der Waals surface area contributed by atoms with Crippen LogP contribution >= 0.6 is 15.9 Å². The fourth-order valence-electron chi connectivity index (χ4n) is 1.52. The second kappa shape index (κ2) is 7.00. The molecule has 0 spiro atoms. The van der Waals surface area contributed by atoms with Gasteiger partial charge >= 0.3 is 0 Å². The number of nitrogens with one attached hydrogen (secondary N) is 2. The number of nitrogens with zero attached hydrogens (tertiary/aromatic N) is 2. The number of amides is 1. The van der Waals surface area contributed by atoms with Crippen molar-refractivity contribution < 1.29 is 4.79 Å². The highest BCUT2D eigenvalue weighted by molar-refractivity contribution is 9.10. The summed E-state index contributed by atoms with van der Waals surface area (Å²) < 4.78 is 0.960. The zero-order valence-corrected chi connectivity index (χ0v) is 12.6. The van der Waals surface area contributed by atoms with E-state index in [0.717, 1.165) is 17.4 Å². The van der Waals surface area contributed by atoms with Crippen LogP contribution in [-0.2, 0) is 0 Å². The number of benzene rings is 1. The minimum atomic E-state index is -0.276.